The summed E-state index contributed by atoms with van der Waals surface area (Å²) in [6.07, 6.45) is 2.96. The molecular formula is C14H20N2O3. The van der Waals surface area contributed by atoms with Gasteiger partial charge in [-0.1, -0.05) is 6.92 Å². The summed E-state index contributed by atoms with van der Waals surface area (Å²) < 4.78 is 5.34. The van der Waals surface area contributed by atoms with Gasteiger partial charge in [-0.3, -0.25) is 0 Å². The maximum absolute atomic E-state index is 11.1. The highest BCUT2D eigenvalue weighted by Crippen LogP contribution is 2.21. The molecule has 5 heteroatoms. The number of carboxylic acid groups (broad SMARTS) is 1. The maximum Gasteiger partial charge on any atom is 0.335 e. The molecule has 1 N–H and O–H groups in total. The predicted octanol–water partition coefficient (Wildman–Crippen LogP) is 1.96. The third kappa shape index (κ3) is 3.23. The van der Waals surface area contributed by atoms with Crippen molar-refractivity contribution in [2.75, 3.05) is 25.1 Å². The van der Waals surface area contributed by atoms with Crippen LogP contribution in [0.2, 0.25) is 0 Å². The van der Waals surface area contributed by atoms with Crippen molar-refractivity contribution in [3.05, 3.63) is 23.4 Å². The minimum atomic E-state index is -0.898. The molecule has 2 rings (SSSR count). The lowest BCUT2D eigenvalue weighted by Gasteiger charge is -2.32. The highest BCUT2D eigenvalue weighted by molar-refractivity contribution is 5.88. The lowest BCUT2D eigenvalue weighted by molar-refractivity contribution is 0.0696. The smallest absolute Gasteiger partial charge is 0.335 e. The van der Waals surface area contributed by atoms with Crippen molar-refractivity contribution >= 4 is 11.8 Å². The Labute approximate surface area is 113 Å². The van der Waals surface area contributed by atoms with Gasteiger partial charge in [0.1, 0.15) is 5.82 Å². The summed E-state index contributed by atoms with van der Waals surface area (Å²) in [6.45, 7) is 3.70. The molecule has 0 saturated carbocycles. The fourth-order valence-electron chi connectivity index (χ4n) is 2.36. The van der Waals surface area contributed by atoms with E-state index >= 15 is 0 Å². The van der Waals surface area contributed by atoms with Crippen LogP contribution in [0, 0.1) is 0 Å². The van der Waals surface area contributed by atoms with Crippen LogP contribution in [-0.2, 0) is 11.2 Å². The average Bonchev–Trinajstić information content (AvgIpc) is 2.46. The molecule has 0 aliphatic carbocycles. The van der Waals surface area contributed by atoms with Crippen LogP contribution < -0.4 is 4.90 Å². The molecule has 1 aliphatic heterocycles. The third-order valence-corrected chi connectivity index (χ3v) is 3.57. The Bertz CT molecular complexity index is 454. The van der Waals surface area contributed by atoms with E-state index in [4.69, 9.17) is 9.84 Å². The zero-order chi connectivity index (χ0) is 13.8. The summed E-state index contributed by atoms with van der Waals surface area (Å²) in [5.74, 6) is -0.128. The summed E-state index contributed by atoms with van der Waals surface area (Å²) in [5, 5.41) is 9.14. The van der Waals surface area contributed by atoms with Crippen molar-refractivity contribution in [1.29, 1.82) is 0 Å². The second-order valence-corrected chi connectivity index (χ2v) is 4.79. The second kappa shape index (κ2) is 6.02. The topological polar surface area (TPSA) is 62.7 Å². The van der Waals surface area contributed by atoms with Gasteiger partial charge in [-0.25, -0.2) is 9.78 Å². The van der Waals surface area contributed by atoms with E-state index in [9.17, 15) is 4.79 Å². The summed E-state index contributed by atoms with van der Waals surface area (Å²) >= 11 is 0. The van der Waals surface area contributed by atoms with Crippen molar-refractivity contribution in [3.8, 4) is 0 Å². The summed E-state index contributed by atoms with van der Waals surface area (Å²) in [4.78, 5) is 17.8. The van der Waals surface area contributed by atoms with E-state index in [-0.39, 0.29) is 0 Å². The van der Waals surface area contributed by atoms with Gasteiger partial charge in [0.2, 0.25) is 0 Å². The highest BCUT2D eigenvalue weighted by Gasteiger charge is 2.21. The quantitative estimate of drug-likeness (QED) is 0.900. The monoisotopic (exact) mass is 264 g/mol. The first-order valence-electron chi connectivity index (χ1n) is 6.66. The van der Waals surface area contributed by atoms with Crippen molar-refractivity contribution in [1.82, 2.24) is 4.98 Å². The molecule has 0 aromatic carbocycles. The van der Waals surface area contributed by atoms with Gasteiger partial charge in [0.15, 0.2) is 0 Å². The lowest BCUT2D eigenvalue weighted by Crippen LogP contribution is -2.37. The third-order valence-electron chi connectivity index (χ3n) is 3.57. The largest absolute Gasteiger partial charge is 0.478 e. The van der Waals surface area contributed by atoms with E-state index in [1.54, 1.807) is 19.2 Å². The highest BCUT2D eigenvalue weighted by atomic mass is 16.5. The van der Waals surface area contributed by atoms with Gasteiger partial charge in [-0.15, -0.1) is 0 Å². The molecule has 0 spiro atoms. The van der Waals surface area contributed by atoms with E-state index in [1.165, 1.54) is 0 Å². The van der Waals surface area contributed by atoms with Crippen LogP contribution >= 0.6 is 0 Å². The number of aromatic nitrogens is 1. The van der Waals surface area contributed by atoms with Gasteiger partial charge >= 0.3 is 5.97 Å². The average molecular weight is 264 g/mol. The summed E-state index contributed by atoms with van der Waals surface area (Å²) in [6, 6.07) is 3.31. The van der Waals surface area contributed by atoms with Gasteiger partial charge in [0.05, 0.1) is 11.7 Å². The Balaban J connectivity index is 2.20. The number of carbonyl (C=O) groups is 1. The number of rotatable bonds is 4. The zero-order valence-corrected chi connectivity index (χ0v) is 11.4. The van der Waals surface area contributed by atoms with Gasteiger partial charge in [0, 0.05) is 25.9 Å². The minimum Gasteiger partial charge on any atom is -0.478 e. The van der Waals surface area contributed by atoms with E-state index in [0.717, 1.165) is 43.9 Å². The van der Waals surface area contributed by atoms with Crippen molar-refractivity contribution < 1.29 is 14.6 Å². The first-order valence-corrected chi connectivity index (χ1v) is 6.66. The zero-order valence-electron chi connectivity index (χ0n) is 11.4. The molecule has 1 fully saturated rings. The SMILES string of the molecule is CCc1cc(C(=O)O)cc(N2CCC(OC)CC2)n1. The first kappa shape index (κ1) is 13.8. The number of pyridine rings is 1. The predicted molar refractivity (Wildman–Crippen MR) is 72.8 cm³/mol. The molecular weight excluding hydrogens is 244 g/mol. The van der Waals surface area contributed by atoms with Crippen LogP contribution in [0.4, 0.5) is 5.82 Å². The molecule has 1 aromatic rings. The molecule has 0 unspecified atom stereocenters. The summed E-state index contributed by atoms with van der Waals surface area (Å²) in [5.41, 5.74) is 1.14. The van der Waals surface area contributed by atoms with Crippen LogP contribution in [0.1, 0.15) is 35.8 Å². The van der Waals surface area contributed by atoms with Crippen molar-refractivity contribution in [2.45, 2.75) is 32.3 Å². The molecule has 0 radical (unpaired) electrons. The number of nitrogens with zero attached hydrogens (tertiary/aromatic N) is 2. The Morgan fingerprint density at radius 2 is 2.16 bits per heavy atom. The Morgan fingerprint density at radius 3 is 2.68 bits per heavy atom. The molecule has 0 bridgehead atoms. The molecule has 5 nitrogen and oxygen atoms in total. The lowest BCUT2D eigenvalue weighted by atomic mass is 10.1. The molecule has 2 heterocycles. The minimum absolute atomic E-state index is 0.310. The number of piperidine rings is 1. The number of hydrogen-bond donors (Lipinski definition) is 1. The van der Waals surface area contributed by atoms with E-state index < -0.39 is 5.97 Å². The van der Waals surface area contributed by atoms with Gasteiger partial charge in [-0.2, -0.15) is 0 Å². The van der Waals surface area contributed by atoms with Crippen molar-refractivity contribution in [3.63, 3.8) is 0 Å². The summed E-state index contributed by atoms with van der Waals surface area (Å²) in [7, 11) is 1.73. The van der Waals surface area contributed by atoms with Crippen molar-refractivity contribution in [2.24, 2.45) is 0 Å². The Kier molecular flexibility index (Phi) is 4.37. The van der Waals surface area contributed by atoms with Gasteiger partial charge in [0.25, 0.3) is 0 Å². The van der Waals surface area contributed by atoms with E-state index in [0.29, 0.717) is 11.7 Å². The molecule has 1 aliphatic rings. The molecule has 19 heavy (non-hydrogen) atoms. The van der Waals surface area contributed by atoms with E-state index in [1.807, 2.05) is 6.92 Å². The fourth-order valence-corrected chi connectivity index (χ4v) is 2.36. The number of anilines is 1. The van der Waals surface area contributed by atoms with Crippen LogP contribution in [0.3, 0.4) is 0 Å². The van der Waals surface area contributed by atoms with E-state index in [2.05, 4.69) is 9.88 Å². The number of aryl methyl sites for hydroxylation is 1. The van der Waals surface area contributed by atoms with Crippen LogP contribution in [0.25, 0.3) is 0 Å². The molecule has 104 valence electrons. The fraction of sp³-hybridized carbons (Fsp3) is 0.571. The van der Waals surface area contributed by atoms with Crippen LogP contribution in [0.15, 0.2) is 12.1 Å². The molecule has 1 aromatic heterocycles. The van der Waals surface area contributed by atoms with Gasteiger partial charge < -0.3 is 14.7 Å². The standard InChI is InChI=1S/C14H20N2O3/c1-3-11-8-10(14(17)18)9-13(15-11)16-6-4-12(19-2)5-7-16/h8-9,12H,3-7H2,1-2H3,(H,17,18). The van der Waals surface area contributed by atoms with Crippen LogP contribution in [0.5, 0.6) is 0 Å². The first-order chi connectivity index (χ1) is 9.13. The number of methoxy groups -OCH3 is 1. The van der Waals surface area contributed by atoms with Gasteiger partial charge in [-0.05, 0) is 31.4 Å². The molecule has 1 saturated heterocycles. The van der Waals surface area contributed by atoms with Crippen LogP contribution in [-0.4, -0.2) is 42.4 Å². The second-order valence-electron chi connectivity index (χ2n) is 4.79. The Hall–Kier alpha value is -1.62. The molecule has 0 atom stereocenters. The number of aromatic carboxylic acids is 1. The number of ether oxygens (including phenoxy) is 1. The Morgan fingerprint density at radius 1 is 1.47 bits per heavy atom. The maximum atomic E-state index is 11.1. The molecule has 0 amide bonds. The normalized spacial score (nSPS) is 16.6. The number of hydrogen-bond acceptors (Lipinski definition) is 4. The number of carboxylic acids is 1.